The number of cyclic esters (lactones) is 1. The van der Waals surface area contributed by atoms with Crippen LogP contribution in [0.5, 0.6) is 0 Å². The molecule has 1 saturated heterocycles. The van der Waals surface area contributed by atoms with E-state index in [0.29, 0.717) is 16.4 Å². The van der Waals surface area contributed by atoms with Crippen molar-refractivity contribution in [1.29, 1.82) is 10.5 Å². The molecule has 0 radical (unpaired) electrons. The zero-order chi connectivity index (χ0) is 17.9. The summed E-state index contributed by atoms with van der Waals surface area (Å²) >= 11 is 1.25. The van der Waals surface area contributed by atoms with E-state index in [9.17, 15) is 9.18 Å². The number of carbonyl (C=O) groups is 1. The number of thiazole rings is 1. The van der Waals surface area contributed by atoms with Crippen molar-refractivity contribution < 1.29 is 31.0 Å². The van der Waals surface area contributed by atoms with Crippen LogP contribution < -0.4 is 4.90 Å². The first-order valence-corrected chi connectivity index (χ1v) is 7.65. The van der Waals surface area contributed by atoms with E-state index in [1.165, 1.54) is 34.4 Å². The Balaban J connectivity index is 0.00000101. The number of benzene rings is 1. The van der Waals surface area contributed by atoms with E-state index < -0.39 is 17.4 Å². The molecule has 1 aromatic carbocycles. The molecule has 0 aliphatic carbocycles. The SMILES string of the molecule is CC1(C)COC(=O)N1c1nc(-c2ccc(C#N)cc2F)cs1.[C-]#N.[Cu+]. The second kappa shape index (κ2) is 8.08. The van der Waals surface area contributed by atoms with Crippen molar-refractivity contribution in [1.82, 2.24) is 4.98 Å². The number of hydrogen-bond donors (Lipinski definition) is 0. The zero-order valence-electron chi connectivity index (χ0n) is 13.2. The fraction of sp³-hybridized carbons (Fsp3) is 0.250. The van der Waals surface area contributed by atoms with Gasteiger partial charge in [-0.25, -0.2) is 19.1 Å². The van der Waals surface area contributed by atoms with Crippen LogP contribution in [-0.2, 0) is 21.8 Å². The maximum atomic E-state index is 14.0. The van der Waals surface area contributed by atoms with Crippen molar-refractivity contribution in [3.8, 4) is 17.3 Å². The maximum Gasteiger partial charge on any atom is 1.00 e. The number of anilines is 1. The minimum atomic E-state index is -0.515. The molecule has 2 aromatic rings. The average Bonchev–Trinajstić information content (AvgIpc) is 3.13. The largest absolute Gasteiger partial charge is 1.00 e. The molecule has 1 aliphatic heterocycles. The number of nitrogens with zero attached hydrogens (tertiary/aromatic N) is 4. The average molecular weight is 407 g/mol. The molecule has 2 heterocycles. The molecular formula is C16H12CuFN4O2S. The summed E-state index contributed by atoms with van der Waals surface area (Å²) in [6.45, 7) is 8.79. The van der Waals surface area contributed by atoms with Crippen molar-refractivity contribution in [3.63, 3.8) is 0 Å². The number of carbonyl (C=O) groups excluding carboxylic acids is 1. The van der Waals surface area contributed by atoms with Crippen molar-refractivity contribution in [2.75, 3.05) is 11.5 Å². The summed E-state index contributed by atoms with van der Waals surface area (Å²) in [6.07, 6.45) is -0.453. The summed E-state index contributed by atoms with van der Waals surface area (Å²) < 4.78 is 19.1. The first kappa shape index (κ1) is 20.6. The van der Waals surface area contributed by atoms with E-state index in [2.05, 4.69) is 4.98 Å². The Morgan fingerprint density at radius 3 is 2.64 bits per heavy atom. The zero-order valence-corrected chi connectivity index (χ0v) is 15.0. The van der Waals surface area contributed by atoms with Gasteiger partial charge in [0, 0.05) is 10.9 Å². The fourth-order valence-corrected chi connectivity index (χ4v) is 3.21. The molecule has 9 heteroatoms. The number of hydrogen-bond acceptors (Lipinski definition) is 6. The van der Waals surface area contributed by atoms with E-state index >= 15 is 0 Å². The van der Waals surface area contributed by atoms with Gasteiger partial charge < -0.3 is 16.6 Å². The Bertz CT molecular complexity index is 844. The topological polar surface area (TPSA) is 90.0 Å². The molecule has 0 N–H and O–H groups in total. The Kier molecular flexibility index (Phi) is 6.66. The van der Waals surface area contributed by atoms with E-state index in [4.69, 9.17) is 21.8 Å². The van der Waals surface area contributed by atoms with Gasteiger partial charge in [0.05, 0.1) is 22.9 Å². The maximum absolute atomic E-state index is 14.0. The first-order valence-electron chi connectivity index (χ1n) is 6.77. The second-order valence-corrected chi connectivity index (χ2v) is 6.36. The summed E-state index contributed by atoms with van der Waals surface area (Å²) in [4.78, 5) is 17.7. The van der Waals surface area contributed by atoms with Gasteiger partial charge in [-0.1, -0.05) is 0 Å². The van der Waals surface area contributed by atoms with Crippen molar-refractivity contribution in [2.24, 2.45) is 0 Å². The third kappa shape index (κ3) is 3.97. The van der Waals surface area contributed by atoms with Crippen molar-refractivity contribution >= 4 is 22.6 Å². The number of halogens is 1. The van der Waals surface area contributed by atoms with E-state index in [0.717, 1.165) is 0 Å². The summed E-state index contributed by atoms with van der Waals surface area (Å²) in [5.74, 6) is -0.515. The molecule has 1 aromatic heterocycles. The molecule has 25 heavy (non-hydrogen) atoms. The van der Waals surface area contributed by atoms with Gasteiger partial charge in [0.15, 0.2) is 5.13 Å². The fourth-order valence-electron chi connectivity index (χ4n) is 2.23. The van der Waals surface area contributed by atoms with Gasteiger partial charge in [0.1, 0.15) is 12.4 Å². The van der Waals surface area contributed by atoms with E-state index in [1.54, 1.807) is 5.38 Å². The second-order valence-electron chi connectivity index (χ2n) is 5.52. The van der Waals surface area contributed by atoms with Gasteiger partial charge in [0.25, 0.3) is 0 Å². The molecule has 132 valence electrons. The molecule has 1 amide bonds. The minimum absolute atomic E-state index is 0. The van der Waals surface area contributed by atoms with Crippen LogP contribution in [0.1, 0.15) is 19.4 Å². The molecule has 6 nitrogen and oxygen atoms in total. The number of ether oxygens (including phenoxy) is 1. The van der Waals surface area contributed by atoms with Crippen LogP contribution in [-0.4, -0.2) is 23.2 Å². The summed E-state index contributed by atoms with van der Waals surface area (Å²) in [6, 6.07) is 6.10. The summed E-state index contributed by atoms with van der Waals surface area (Å²) in [7, 11) is 0. The first-order chi connectivity index (χ1) is 11.4. The molecule has 1 fully saturated rings. The Morgan fingerprint density at radius 2 is 2.12 bits per heavy atom. The smallest absolute Gasteiger partial charge is 0.512 e. The Labute approximate surface area is 158 Å². The number of amides is 1. The van der Waals surface area contributed by atoms with Crippen LogP contribution >= 0.6 is 11.3 Å². The van der Waals surface area contributed by atoms with Crippen LogP contribution in [0, 0.1) is 29.0 Å². The van der Waals surface area contributed by atoms with E-state index in [1.807, 2.05) is 19.9 Å². The summed E-state index contributed by atoms with van der Waals surface area (Å²) in [5.41, 5.74) is 0.486. The van der Waals surface area contributed by atoms with Gasteiger partial charge in [-0.05, 0) is 32.0 Å². The van der Waals surface area contributed by atoms with Crippen molar-refractivity contribution in [3.05, 3.63) is 41.5 Å². The van der Waals surface area contributed by atoms with Crippen LogP contribution in [0.15, 0.2) is 23.6 Å². The minimum Gasteiger partial charge on any atom is -0.512 e. The molecule has 1 aliphatic rings. The van der Waals surface area contributed by atoms with Gasteiger partial charge in [-0.15, -0.1) is 11.3 Å². The predicted octanol–water partition coefficient (Wildman–Crippen LogP) is 3.65. The van der Waals surface area contributed by atoms with Crippen molar-refractivity contribution in [2.45, 2.75) is 19.4 Å². The quantitative estimate of drug-likeness (QED) is 0.560. The van der Waals surface area contributed by atoms with Crippen LogP contribution in [0.25, 0.3) is 11.3 Å². The van der Waals surface area contributed by atoms with Crippen LogP contribution in [0.2, 0.25) is 0 Å². The summed E-state index contributed by atoms with van der Waals surface area (Å²) in [5, 5.41) is 17.2. The molecular weight excluding hydrogens is 395 g/mol. The molecule has 0 atom stereocenters. The number of nitriles is 1. The molecule has 3 rings (SSSR count). The normalized spacial score (nSPS) is 14.6. The third-order valence-electron chi connectivity index (χ3n) is 3.39. The van der Waals surface area contributed by atoms with Gasteiger partial charge in [-0.2, -0.15) is 5.26 Å². The Morgan fingerprint density at radius 1 is 1.44 bits per heavy atom. The monoisotopic (exact) mass is 406 g/mol. The predicted molar refractivity (Wildman–Crippen MR) is 85.1 cm³/mol. The van der Waals surface area contributed by atoms with Crippen LogP contribution in [0.4, 0.5) is 14.3 Å². The molecule has 0 unspecified atom stereocenters. The standard InChI is InChI=1S/C15H12FN3O2S.CN.Cu/c1-15(2)8-21-14(20)19(15)13-18-12(7-22-13)10-4-3-9(6-17)5-11(10)16;1-2;/h3-5,7H,8H2,1-2H3;;/q;-1;+1. The van der Waals surface area contributed by atoms with Gasteiger partial charge in [0.2, 0.25) is 0 Å². The molecule has 0 saturated carbocycles. The molecule has 0 bridgehead atoms. The van der Waals surface area contributed by atoms with E-state index in [-0.39, 0.29) is 29.2 Å². The van der Waals surface area contributed by atoms with Gasteiger partial charge in [-0.3, -0.25) is 0 Å². The Hall–Kier alpha value is -2.45. The number of aromatic nitrogens is 1. The van der Waals surface area contributed by atoms with Gasteiger partial charge >= 0.3 is 23.2 Å². The number of rotatable bonds is 2. The molecule has 0 spiro atoms. The third-order valence-corrected chi connectivity index (χ3v) is 4.22. The van der Waals surface area contributed by atoms with Crippen LogP contribution in [0.3, 0.4) is 0 Å².